The Morgan fingerprint density at radius 1 is 1.25 bits per heavy atom. The van der Waals surface area contributed by atoms with Crippen LogP contribution in [0.5, 0.6) is 0 Å². The first-order chi connectivity index (χ1) is 7.75. The first kappa shape index (κ1) is 10.2. The summed E-state index contributed by atoms with van der Waals surface area (Å²) in [6, 6.07) is 0. The summed E-state index contributed by atoms with van der Waals surface area (Å²) in [6.07, 6.45) is 10.0. The van der Waals surface area contributed by atoms with Gasteiger partial charge >= 0.3 is 0 Å². The highest BCUT2D eigenvalue weighted by Crippen LogP contribution is 2.62. The summed E-state index contributed by atoms with van der Waals surface area (Å²) < 4.78 is 0. The Balaban J connectivity index is 1.83. The zero-order valence-electron chi connectivity index (χ0n) is 9.63. The Morgan fingerprint density at radius 2 is 2.12 bits per heavy atom. The number of hydrogen-bond donors (Lipinski definition) is 0. The topological polar surface area (TPSA) is 34.1 Å². The Bertz CT molecular complexity index is 380. The molecular weight excluding hydrogens is 200 g/mol. The molecule has 0 aromatic heterocycles. The highest BCUT2D eigenvalue weighted by Gasteiger charge is 2.67. The van der Waals surface area contributed by atoms with Gasteiger partial charge in [0.25, 0.3) is 0 Å². The van der Waals surface area contributed by atoms with Crippen molar-refractivity contribution >= 4 is 11.6 Å². The molecule has 0 aromatic rings. The predicted octanol–water partition coefficient (Wildman–Crippen LogP) is 2.82. The van der Waals surface area contributed by atoms with Crippen molar-refractivity contribution in [1.82, 2.24) is 0 Å². The first-order valence-electron chi connectivity index (χ1n) is 6.52. The van der Waals surface area contributed by atoms with Crippen LogP contribution in [0.4, 0.5) is 0 Å². The van der Waals surface area contributed by atoms with Crippen molar-refractivity contribution in [3.63, 3.8) is 0 Å². The molecule has 0 amide bonds. The summed E-state index contributed by atoms with van der Waals surface area (Å²) in [5.41, 5.74) is 0.450. The van der Waals surface area contributed by atoms with Gasteiger partial charge in [0.15, 0.2) is 5.78 Å². The van der Waals surface area contributed by atoms with Gasteiger partial charge in [0.05, 0.1) is 5.41 Å². The maximum Gasteiger partial charge on any atom is 0.172 e. The van der Waals surface area contributed by atoms with E-state index in [0.717, 1.165) is 37.7 Å². The lowest BCUT2D eigenvalue weighted by Gasteiger charge is -2.11. The molecule has 0 heterocycles. The maximum absolute atomic E-state index is 12.4. The van der Waals surface area contributed by atoms with E-state index in [9.17, 15) is 9.59 Å². The van der Waals surface area contributed by atoms with E-state index in [4.69, 9.17) is 0 Å². The van der Waals surface area contributed by atoms with E-state index in [1.165, 1.54) is 12.8 Å². The van der Waals surface area contributed by atoms with Crippen LogP contribution in [0.3, 0.4) is 0 Å². The van der Waals surface area contributed by atoms with E-state index < -0.39 is 5.41 Å². The number of Topliss-reactive ketones (excluding diaryl/α,β-unsaturated/α-hetero) is 2. The van der Waals surface area contributed by atoms with Crippen LogP contribution < -0.4 is 0 Å². The van der Waals surface area contributed by atoms with Crippen LogP contribution in [0, 0.1) is 11.3 Å². The molecule has 2 heteroatoms. The molecule has 2 atom stereocenters. The zero-order chi connectivity index (χ0) is 11.2. The van der Waals surface area contributed by atoms with Gasteiger partial charge in [-0.3, -0.25) is 9.59 Å². The second-order valence-electron chi connectivity index (χ2n) is 5.49. The summed E-state index contributed by atoms with van der Waals surface area (Å²) in [7, 11) is 0. The van der Waals surface area contributed by atoms with Crippen LogP contribution in [0.1, 0.15) is 51.4 Å². The Labute approximate surface area is 96.1 Å². The van der Waals surface area contributed by atoms with Crippen molar-refractivity contribution in [2.45, 2.75) is 51.4 Å². The molecule has 16 heavy (non-hydrogen) atoms. The number of allylic oxidation sites excluding steroid dienone is 2. The molecule has 0 saturated heterocycles. The number of hydrogen-bond acceptors (Lipinski definition) is 2. The summed E-state index contributed by atoms with van der Waals surface area (Å²) in [5.74, 6) is 0.825. The summed E-state index contributed by atoms with van der Waals surface area (Å²) in [4.78, 5) is 24.3. The first-order valence-corrected chi connectivity index (χ1v) is 6.52. The molecule has 0 aromatic carbocycles. The lowest BCUT2D eigenvalue weighted by atomic mass is 9.89. The Kier molecular flexibility index (Phi) is 2.27. The zero-order valence-corrected chi connectivity index (χ0v) is 9.63. The molecule has 2 saturated carbocycles. The number of carbonyl (C=O) groups is 2. The fraction of sp³-hybridized carbons (Fsp3) is 0.714. The quantitative estimate of drug-likeness (QED) is 0.668. The molecule has 0 aliphatic heterocycles. The van der Waals surface area contributed by atoms with E-state index in [1.807, 2.05) is 0 Å². The molecule has 3 aliphatic rings. The second-order valence-corrected chi connectivity index (χ2v) is 5.49. The number of ketones is 2. The van der Waals surface area contributed by atoms with Gasteiger partial charge in [-0.2, -0.15) is 0 Å². The molecule has 86 valence electrons. The third-order valence-electron chi connectivity index (χ3n) is 4.56. The fourth-order valence-corrected chi connectivity index (χ4v) is 3.46. The second kappa shape index (κ2) is 3.54. The number of carbonyl (C=O) groups excluding carboxylic acids is 2. The molecule has 3 rings (SSSR count). The van der Waals surface area contributed by atoms with Crippen molar-refractivity contribution in [2.75, 3.05) is 0 Å². The smallest absolute Gasteiger partial charge is 0.172 e. The summed E-state index contributed by atoms with van der Waals surface area (Å²) in [6.45, 7) is 0. The monoisotopic (exact) mass is 218 g/mol. The van der Waals surface area contributed by atoms with E-state index in [2.05, 4.69) is 6.08 Å². The maximum atomic E-state index is 12.4. The van der Waals surface area contributed by atoms with Crippen LogP contribution in [0.25, 0.3) is 0 Å². The molecule has 3 aliphatic carbocycles. The van der Waals surface area contributed by atoms with Crippen molar-refractivity contribution in [3.8, 4) is 0 Å². The largest absolute Gasteiger partial charge is 0.299 e. The summed E-state index contributed by atoms with van der Waals surface area (Å²) in [5, 5.41) is 0. The lowest BCUT2D eigenvalue weighted by Crippen LogP contribution is -2.25. The molecule has 0 radical (unpaired) electrons. The Hall–Kier alpha value is -0.920. The van der Waals surface area contributed by atoms with E-state index >= 15 is 0 Å². The van der Waals surface area contributed by atoms with Gasteiger partial charge in [-0.1, -0.05) is 12.5 Å². The molecule has 2 nitrogen and oxygen atoms in total. The van der Waals surface area contributed by atoms with E-state index in [0.29, 0.717) is 12.3 Å². The van der Waals surface area contributed by atoms with Crippen molar-refractivity contribution < 1.29 is 9.59 Å². The highest BCUT2D eigenvalue weighted by molar-refractivity contribution is 6.18. The van der Waals surface area contributed by atoms with Crippen molar-refractivity contribution in [1.29, 1.82) is 0 Å². The minimum atomic E-state index is -0.518. The van der Waals surface area contributed by atoms with Gasteiger partial charge in [-0.05, 0) is 50.0 Å². The van der Waals surface area contributed by atoms with Gasteiger partial charge in [0.2, 0.25) is 0 Å². The third-order valence-corrected chi connectivity index (χ3v) is 4.56. The van der Waals surface area contributed by atoms with Gasteiger partial charge in [-0.15, -0.1) is 0 Å². The van der Waals surface area contributed by atoms with Crippen molar-refractivity contribution in [2.24, 2.45) is 11.3 Å². The van der Waals surface area contributed by atoms with E-state index in [1.54, 1.807) is 0 Å². The molecule has 0 spiro atoms. The van der Waals surface area contributed by atoms with E-state index in [-0.39, 0.29) is 11.6 Å². The fourth-order valence-electron chi connectivity index (χ4n) is 3.46. The van der Waals surface area contributed by atoms with Crippen molar-refractivity contribution in [3.05, 3.63) is 11.6 Å². The van der Waals surface area contributed by atoms with Gasteiger partial charge in [0, 0.05) is 6.42 Å². The summed E-state index contributed by atoms with van der Waals surface area (Å²) >= 11 is 0. The molecule has 2 fully saturated rings. The standard InChI is InChI=1S/C14H18O2/c15-12-8-7-11-9-14(11,12)13(16)10-5-3-1-2-4-6-10/h5,11H,1-4,6-9H2/t11-,14-/m0/s1. The van der Waals surface area contributed by atoms with Crippen LogP contribution in [0.2, 0.25) is 0 Å². The van der Waals surface area contributed by atoms with Gasteiger partial charge in [-0.25, -0.2) is 0 Å². The molecule has 0 unspecified atom stereocenters. The normalized spacial score (nSPS) is 37.6. The van der Waals surface area contributed by atoms with Gasteiger partial charge in [0.1, 0.15) is 5.78 Å². The van der Waals surface area contributed by atoms with Crippen LogP contribution in [-0.4, -0.2) is 11.6 Å². The minimum absolute atomic E-state index is 0.196. The predicted molar refractivity (Wildman–Crippen MR) is 61.0 cm³/mol. The highest BCUT2D eigenvalue weighted by atomic mass is 16.2. The average Bonchev–Trinajstić information content (AvgIpc) is 3.01. The molecule has 0 bridgehead atoms. The van der Waals surface area contributed by atoms with Crippen LogP contribution in [0.15, 0.2) is 11.6 Å². The SMILES string of the molecule is O=C1CC[C@H]2C[C@@]12C(=O)C1=CCCCCC1. The third kappa shape index (κ3) is 1.32. The minimum Gasteiger partial charge on any atom is -0.299 e. The average molecular weight is 218 g/mol. The molecular formula is C14H18O2. The van der Waals surface area contributed by atoms with Crippen LogP contribution >= 0.6 is 0 Å². The number of rotatable bonds is 2. The molecule has 0 N–H and O–H groups in total. The van der Waals surface area contributed by atoms with Gasteiger partial charge < -0.3 is 0 Å². The Morgan fingerprint density at radius 3 is 2.81 bits per heavy atom. The number of fused-ring (bicyclic) bond motifs is 1. The lowest BCUT2D eigenvalue weighted by molar-refractivity contribution is -0.131. The van der Waals surface area contributed by atoms with Crippen LogP contribution in [-0.2, 0) is 9.59 Å².